The van der Waals surface area contributed by atoms with Crippen LogP contribution in [0.25, 0.3) is 0 Å². The normalized spacial score (nSPS) is 17.8. The van der Waals surface area contributed by atoms with Gasteiger partial charge in [-0.3, -0.25) is 0 Å². The summed E-state index contributed by atoms with van der Waals surface area (Å²) >= 11 is 0. The van der Waals surface area contributed by atoms with Gasteiger partial charge in [0.05, 0.1) is 18.7 Å². The van der Waals surface area contributed by atoms with E-state index in [1.54, 1.807) is 11.8 Å². The highest BCUT2D eigenvalue weighted by Gasteiger charge is 2.39. The van der Waals surface area contributed by atoms with Gasteiger partial charge in [0.1, 0.15) is 0 Å². The van der Waals surface area contributed by atoms with E-state index in [4.69, 9.17) is 0 Å². The number of hydrogen-bond acceptors (Lipinski definition) is 2. The number of urea groups is 1. The molecule has 86 valence electrons. The van der Waals surface area contributed by atoms with Gasteiger partial charge < -0.3 is 15.3 Å². The molecule has 2 N–H and O–H groups in total. The maximum absolute atomic E-state index is 11.6. The Morgan fingerprint density at radius 2 is 2.06 bits per heavy atom. The van der Waals surface area contributed by atoms with Crippen LogP contribution in [0.3, 0.4) is 0 Å². The van der Waals surface area contributed by atoms with E-state index in [2.05, 4.69) is 5.32 Å². The molecule has 2 rings (SSSR count). The molecule has 1 aliphatic rings. The van der Waals surface area contributed by atoms with Gasteiger partial charge in [-0.15, -0.1) is 0 Å². The lowest BCUT2D eigenvalue weighted by Crippen LogP contribution is -2.63. The van der Waals surface area contributed by atoms with Crippen LogP contribution in [0.4, 0.5) is 4.79 Å². The number of likely N-dealkylation sites (tertiary alicyclic amines) is 1. The lowest BCUT2D eigenvalue weighted by molar-refractivity contribution is -0.0607. The van der Waals surface area contributed by atoms with Crippen molar-refractivity contribution in [3.8, 4) is 0 Å². The van der Waals surface area contributed by atoms with Crippen molar-refractivity contribution < 1.29 is 9.90 Å². The van der Waals surface area contributed by atoms with Crippen LogP contribution in [0.5, 0.6) is 0 Å². The largest absolute Gasteiger partial charge is 0.386 e. The lowest BCUT2D eigenvalue weighted by Gasteiger charge is -2.43. The van der Waals surface area contributed by atoms with Crippen LogP contribution >= 0.6 is 0 Å². The van der Waals surface area contributed by atoms with Crippen LogP contribution < -0.4 is 5.32 Å². The first kappa shape index (κ1) is 11.0. The maximum atomic E-state index is 11.6. The van der Waals surface area contributed by atoms with Gasteiger partial charge in [0.2, 0.25) is 0 Å². The van der Waals surface area contributed by atoms with Crippen molar-refractivity contribution in [2.75, 3.05) is 13.1 Å². The number of carbonyl (C=O) groups is 1. The first-order chi connectivity index (χ1) is 7.57. The summed E-state index contributed by atoms with van der Waals surface area (Å²) < 4.78 is 0. The molecule has 0 radical (unpaired) electrons. The Hall–Kier alpha value is -1.55. The van der Waals surface area contributed by atoms with Crippen LogP contribution in [-0.2, 0) is 6.54 Å². The molecule has 0 atom stereocenters. The van der Waals surface area contributed by atoms with Crippen molar-refractivity contribution in [3.05, 3.63) is 35.9 Å². The molecule has 4 heteroatoms. The van der Waals surface area contributed by atoms with E-state index in [-0.39, 0.29) is 6.03 Å². The van der Waals surface area contributed by atoms with Gasteiger partial charge in [0.15, 0.2) is 0 Å². The molecule has 0 unspecified atom stereocenters. The molecule has 1 aromatic rings. The molecule has 0 aromatic heterocycles. The minimum atomic E-state index is -0.704. The molecule has 2 amide bonds. The predicted molar refractivity (Wildman–Crippen MR) is 60.9 cm³/mol. The fraction of sp³-hybridized carbons (Fsp3) is 0.417. The van der Waals surface area contributed by atoms with Crippen LogP contribution in [-0.4, -0.2) is 34.7 Å². The summed E-state index contributed by atoms with van der Waals surface area (Å²) in [6, 6.07) is 9.64. The zero-order valence-corrected chi connectivity index (χ0v) is 9.31. The van der Waals surface area contributed by atoms with Crippen molar-refractivity contribution in [2.24, 2.45) is 0 Å². The number of benzene rings is 1. The number of β-amino-alcohol motifs (C(OH)–C–C–N with tert-alkyl or cyclic N) is 1. The number of nitrogens with zero attached hydrogens (tertiary/aromatic N) is 1. The van der Waals surface area contributed by atoms with Gasteiger partial charge in [-0.2, -0.15) is 0 Å². The molecular weight excluding hydrogens is 204 g/mol. The molecule has 16 heavy (non-hydrogen) atoms. The topological polar surface area (TPSA) is 52.6 Å². The molecule has 1 fully saturated rings. The van der Waals surface area contributed by atoms with E-state index < -0.39 is 5.60 Å². The highest BCUT2D eigenvalue weighted by molar-refractivity contribution is 5.75. The second kappa shape index (κ2) is 4.14. The standard InChI is InChI=1S/C12H16N2O2/c1-12(16)8-14(9-12)11(15)13-7-10-5-3-2-4-6-10/h2-6,16H,7-9H2,1H3,(H,13,15). The van der Waals surface area contributed by atoms with Crippen molar-refractivity contribution in [1.29, 1.82) is 0 Å². The van der Waals surface area contributed by atoms with Crippen LogP contribution in [0.2, 0.25) is 0 Å². The third-order valence-electron chi connectivity index (χ3n) is 2.64. The number of carbonyl (C=O) groups excluding carboxylic acids is 1. The molecule has 1 heterocycles. The molecule has 1 aliphatic heterocycles. The Balaban J connectivity index is 1.77. The van der Waals surface area contributed by atoms with E-state index in [1.807, 2.05) is 30.3 Å². The lowest BCUT2D eigenvalue weighted by atomic mass is 9.98. The maximum Gasteiger partial charge on any atom is 0.317 e. The molecule has 0 spiro atoms. The van der Waals surface area contributed by atoms with Gasteiger partial charge in [-0.1, -0.05) is 30.3 Å². The Morgan fingerprint density at radius 3 is 2.62 bits per heavy atom. The van der Waals surface area contributed by atoms with Gasteiger partial charge in [0.25, 0.3) is 0 Å². The van der Waals surface area contributed by atoms with E-state index >= 15 is 0 Å². The highest BCUT2D eigenvalue weighted by Crippen LogP contribution is 2.19. The minimum Gasteiger partial charge on any atom is -0.386 e. The average Bonchev–Trinajstić information content (AvgIpc) is 2.24. The fourth-order valence-electron chi connectivity index (χ4n) is 1.80. The smallest absolute Gasteiger partial charge is 0.317 e. The zero-order valence-electron chi connectivity index (χ0n) is 9.31. The predicted octanol–water partition coefficient (Wildman–Crippen LogP) is 0.963. The highest BCUT2D eigenvalue weighted by atomic mass is 16.3. The number of rotatable bonds is 2. The second-order valence-electron chi connectivity index (χ2n) is 4.50. The number of nitrogens with one attached hydrogen (secondary N) is 1. The summed E-state index contributed by atoms with van der Waals surface area (Å²) in [7, 11) is 0. The molecule has 1 aromatic carbocycles. The van der Waals surface area contributed by atoms with Crippen molar-refractivity contribution in [1.82, 2.24) is 10.2 Å². The van der Waals surface area contributed by atoms with E-state index in [1.165, 1.54) is 0 Å². The minimum absolute atomic E-state index is 0.115. The molecule has 0 aliphatic carbocycles. The van der Waals surface area contributed by atoms with Crippen molar-refractivity contribution in [3.63, 3.8) is 0 Å². The Bertz CT molecular complexity index is 368. The number of amides is 2. The summed E-state index contributed by atoms with van der Waals surface area (Å²) in [6.45, 7) is 3.08. The summed E-state index contributed by atoms with van der Waals surface area (Å²) in [4.78, 5) is 13.2. The second-order valence-corrected chi connectivity index (χ2v) is 4.50. The van der Waals surface area contributed by atoms with E-state index in [0.29, 0.717) is 19.6 Å². The van der Waals surface area contributed by atoms with Crippen molar-refractivity contribution in [2.45, 2.75) is 19.1 Å². The van der Waals surface area contributed by atoms with Crippen molar-refractivity contribution >= 4 is 6.03 Å². The Labute approximate surface area is 94.9 Å². The fourth-order valence-corrected chi connectivity index (χ4v) is 1.80. The first-order valence-corrected chi connectivity index (χ1v) is 5.36. The van der Waals surface area contributed by atoms with Gasteiger partial charge in [0, 0.05) is 6.54 Å². The third-order valence-corrected chi connectivity index (χ3v) is 2.64. The Morgan fingerprint density at radius 1 is 1.44 bits per heavy atom. The molecule has 1 saturated heterocycles. The Kier molecular flexibility index (Phi) is 2.83. The number of hydrogen-bond donors (Lipinski definition) is 2. The summed E-state index contributed by atoms with van der Waals surface area (Å²) in [6.07, 6.45) is 0. The summed E-state index contributed by atoms with van der Waals surface area (Å²) in [5, 5.41) is 12.3. The van der Waals surface area contributed by atoms with Crippen LogP contribution in [0.1, 0.15) is 12.5 Å². The third kappa shape index (κ3) is 2.52. The average molecular weight is 220 g/mol. The molecular formula is C12H16N2O2. The SMILES string of the molecule is CC1(O)CN(C(=O)NCc2ccccc2)C1. The molecule has 0 bridgehead atoms. The molecule has 4 nitrogen and oxygen atoms in total. The zero-order chi connectivity index (χ0) is 11.6. The summed E-state index contributed by atoms with van der Waals surface area (Å²) in [5.74, 6) is 0. The van der Waals surface area contributed by atoms with Gasteiger partial charge in [-0.05, 0) is 12.5 Å². The first-order valence-electron chi connectivity index (χ1n) is 5.36. The van der Waals surface area contributed by atoms with Gasteiger partial charge >= 0.3 is 6.03 Å². The number of aliphatic hydroxyl groups is 1. The van der Waals surface area contributed by atoms with Gasteiger partial charge in [-0.25, -0.2) is 4.79 Å². The van der Waals surface area contributed by atoms with Crippen LogP contribution in [0, 0.1) is 0 Å². The quantitative estimate of drug-likeness (QED) is 0.780. The van der Waals surface area contributed by atoms with Crippen LogP contribution in [0.15, 0.2) is 30.3 Å². The van der Waals surface area contributed by atoms with E-state index in [9.17, 15) is 9.90 Å². The summed E-state index contributed by atoms with van der Waals surface area (Å²) in [5.41, 5.74) is 0.368. The monoisotopic (exact) mass is 220 g/mol. The molecule has 0 saturated carbocycles. The van der Waals surface area contributed by atoms with E-state index in [0.717, 1.165) is 5.56 Å².